The summed E-state index contributed by atoms with van der Waals surface area (Å²) in [4.78, 5) is 0. The van der Waals surface area contributed by atoms with E-state index in [9.17, 15) is 0 Å². The summed E-state index contributed by atoms with van der Waals surface area (Å²) in [5, 5.41) is 0. The first-order valence-electron chi connectivity index (χ1n) is 24.4. The highest BCUT2D eigenvalue weighted by Crippen LogP contribution is 2.53. The second kappa shape index (κ2) is 25.6. The number of hydrogen-bond acceptors (Lipinski definition) is 12. The third-order valence-electron chi connectivity index (χ3n) is 14.5. The molecule has 0 radical (unpaired) electrons. The minimum absolute atomic E-state index is 0. The zero-order valence-electron chi connectivity index (χ0n) is 44.7. The van der Waals surface area contributed by atoms with Gasteiger partial charge in [0.2, 0.25) is 0 Å². The number of ether oxygens (including phenoxy) is 8. The standard InChI is InChI=1S/C25H35BO4.C17H19BrO4.C12H24B2O4.CH4.H2/c1-7-28-18-29-15-19-14-22(30-21-10-8-20(27-6)9-11-21)12-13-23(19)26-16-24(2,3)25(4,5)17-26;1-3-20-12-21-11-13-10-16(8-9-17(13)18)22-15-6-4-14(19-2)5-7-15;1-9(2)10(3,4)16-13(15-9)14-17-11(5,6)12(7,8)18-14;;/h8-14H,7,15-18H2,1-6H3;4-10H,3,11-12H2,1-2H3;1-8H3;1H4;1H/i;;;;1+1. The Kier molecular flexibility index (Phi) is 21.6. The van der Waals surface area contributed by atoms with Crippen molar-refractivity contribution in [3.63, 3.8) is 0 Å². The predicted molar refractivity (Wildman–Crippen MR) is 293 cm³/mol. The highest BCUT2D eigenvalue weighted by Gasteiger charge is 2.63. The molecule has 3 fully saturated rings. The van der Waals surface area contributed by atoms with Crippen molar-refractivity contribution in [2.24, 2.45) is 10.8 Å². The SMILES string of the molecule is C.CC1(C)OB(B2OC(C)(C)C(C)(C)O2)OC1(C)C.CCOCOCc1cc(Oc2ccc(OC)cc2)ccc1B1CC(C)(C)C(C)(C)C1.CCOCOCc1cc(Oc2ccc(OC)cc2)ccc1Br.[2HH]. The molecule has 3 aliphatic rings. The van der Waals surface area contributed by atoms with Crippen LogP contribution in [0.5, 0.6) is 34.5 Å². The highest BCUT2D eigenvalue weighted by atomic mass is 79.9. The average Bonchev–Trinajstić information content (AvgIpc) is 3.77. The van der Waals surface area contributed by atoms with Crippen LogP contribution in [0.25, 0.3) is 0 Å². The molecule has 0 aromatic heterocycles. The van der Waals surface area contributed by atoms with Crippen LogP contribution in [0, 0.1) is 10.8 Å². The van der Waals surface area contributed by atoms with E-state index in [2.05, 4.69) is 61.8 Å². The molecule has 0 unspecified atom stereocenters. The van der Waals surface area contributed by atoms with Gasteiger partial charge in [0.05, 0.1) is 49.8 Å². The van der Waals surface area contributed by atoms with Gasteiger partial charge in [0.15, 0.2) is 6.71 Å². The van der Waals surface area contributed by atoms with Gasteiger partial charge in [-0.1, -0.05) is 75.2 Å². The summed E-state index contributed by atoms with van der Waals surface area (Å²) in [7, 11) is 2.35. The molecule has 16 heteroatoms. The van der Waals surface area contributed by atoms with E-state index < -0.39 is 14.0 Å². The van der Waals surface area contributed by atoms with Crippen LogP contribution in [0.4, 0.5) is 0 Å². The zero-order chi connectivity index (χ0) is 51.5. The summed E-state index contributed by atoms with van der Waals surface area (Å²) in [6.07, 6.45) is 2.36. The number of halogens is 1. The Hall–Kier alpha value is -3.57. The molecule has 0 amide bonds. The van der Waals surface area contributed by atoms with Gasteiger partial charge < -0.3 is 56.5 Å². The van der Waals surface area contributed by atoms with Crippen molar-refractivity contribution >= 4 is 42.1 Å². The summed E-state index contributed by atoms with van der Waals surface area (Å²) in [6, 6.07) is 27.3. The van der Waals surface area contributed by atoms with Crippen LogP contribution in [0.15, 0.2) is 89.4 Å². The molecular weight excluding hydrogens is 965 g/mol. The lowest BCUT2D eigenvalue weighted by molar-refractivity contribution is -0.0573. The molecule has 392 valence electrons. The summed E-state index contributed by atoms with van der Waals surface area (Å²) < 4.78 is 68.9. The molecule has 3 aliphatic heterocycles. The molecule has 4 aromatic carbocycles. The van der Waals surface area contributed by atoms with Crippen molar-refractivity contribution in [1.82, 2.24) is 0 Å². The molecule has 3 heterocycles. The van der Waals surface area contributed by atoms with Gasteiger partial charge in [0.25, 0.3) is 0 Å². The van der Waals surface area contributed by atoms with Crippen LogP contribution in [-0.2, 0) is 50.8 Å². The molecule has 71 heavy (non-hydrogen) atoms. The molecule has 4 aromatic rings. The second-order valence-electron chi connectivity index (χ2n) is 21.2. The van der Waals surface area contributed by atoms with E-state index in [0.29, 0.717) is 50.8 Å². The molecule has 0 atom stereocenters. The fourth-order valence-corrected chi connectivity index (χ4v) is 8.48. The number of hydrogen-bond donors (Lipinski definition) is 0. The summed E-state index contributed by atoms with van der Waals surface area (Å²) in [5.74, 6) is 4.72. The first-order valence-corrected chi connectivity index (χ1v) is 25.2. The minimum atomic E-state index is -0.476. The molecule has 0 N–H and O–H groups in total. The largest absolute Gasteiger partial charge is 0.497 e. The quantitative estimate of drug-likeness (QED) is 0.0537. The van der Waals surface area contributed by atoms with Crippen LogP contribution < -0.4 is 24.4 Å². The number of rotatable bonds is 18. The third-order valence-corrected chi connectivity index (χ3v) is 15.3. The Bertz CT molecular complexity index is 2180. The Morgan fingerprint density at radius 1 is 0.479 bits per heavy atom. The Labute approximate surface area is 437 Å². The van der Waals surface area contributed by atoms with Gasteiger partial charge in [0, 0.05) is 19.1 Å². The Morgan fingerprint density at radius 2 is 0.817 bits per heavy atom. The fraction of sp³-hybridized carbons (Fsp3) is 0.564. The lowest BCUT2D eigenvalue weighted by atomic mass is 9.41. The van der Waals surface area contributed by atoms with Gasteiger partial charge in [-0.15, -0.1) is 0 Å². The molecule has 0 aliphatic carbocycles. The van der Waals surface area contributed by atoms with Gasteiger partial charge in [0.1, 0.15) is 48.1 Å². The van der Waals surface area contributed by atoms with Gasteiger partial charge in [-0.25, -0.2) is 0 Å². The normalized spacial score (nSPS) is 18.6. The van der Waals surface area contributed by atoms with Crippen molar-refractivity contribution < 1.29 is 57.9 Å². The number of benzene rings is 4. The zero-order valence-corrected chi connectivity index (χ0v) is 46.3. The smallest absolute Gasteiger partial charge is 0.488 e. The summed E-state index contributed by atoms with van der Waals surface area (Å²) in [5.41, 5.74) is 2.72. The molecule has 0 spiro atoms. The molecule has 0 saturated carbocycles. The van der Waals surface area contributed by atoms with Crippen molar-refractivity contribution in [2.45, 2.75) is 153 Å². The second-order valence-corrected chi connectivity index (χ2v) is 22.1. The first kappa shape index (κ1) is 60.0. The lowest BCUT2D eigenvalue weighted by Crippen LogP contribution is -2.41. The maximum absolute atomic E-state index is 6.10. The molecule has 3 saturated heterocycles. The minimum Gasteiger partial charge on any atom is -0.497 e. The van der Waals surface area contributed by atoms with E-state index in [1.54, 1.807) is 14.2 Å². The topological polar surface area (TPSA) is 111 Å². The Morgan fingerprint density at radius 3 is 1.20 bits per heavy atom. The van der Waals surface area contributed by atoms with Crippen LogP contribution in [0.3, 0.4) is 0 Å². The van der Waals surface area contributed by atoms with Crippen LogP contribution in [0.2, 0.25) is 12.6 Å². The highest BCUT2D eigenvalue weighted by molar-refractivity contribution is 9.10. The molecule has 12 nitrogen and oxygen atoms in total. The van der Waals surface area contributed by atoms with Crippen molar-refractivity contribution in [3.8, 4) is 34.5 Å². The van der Waals surface area contributed by atoms with E-state index in [-0.39, 0.29) is 38.1 Å². The third kappa shape index (κ3) is 16.0. The lowest BCUT2D eigenvalue weighted by Gasteiger charge is -2.35. The van der Waals surface area contributed by atoms with Crippen molar-refractivity contribution in [3.05, 3.63) is 101 Å². The van der Waals surface area contributed by atoms with E-state index in [1.165, 1.54) is 23.7 Å². The predicted octanol–water partition coefficient (Wildman–Crippen LogP) is 13.7. The van der Waals surface area contributed by atoms with E-state index >= 15 is 0 Å². The van der Waals surface area contributed by atoms with Crippen LogP contribution >= 0.6 is 15.9 Å². The average molecular weight is 1050 g/mol. The maximum Gasteiger partial charge on any atom is 0.488 e. The van der Waals surface area contributed by atoms with Crippen molar-refractivity contribution in [1.29, 1.82) is 0 Å². The van der Waals surface area contributed by atoms with Crippen molar-refractivity contribution in [2.75, 3.05) is 41.0 Å². The van der Waals surface area contributed by atoms with Crippen LogP contribution in [-0.4, -0.2) is 84.2 Å². The monoisotopic (exact) mass is 1050 g/mol. The van der Waals surface area contributed by atoms with E-state index in [0.717, 1.165) is 44.5 Å². The van der Waals surface area contributed by atoms with Crippen LogP contribution in [0.1, 0.15) is 117 Å². The molecule has 0 bridgehead atoms. The van der Waals surface area contributed by atoms with Gasteiger partial charge in [-0.2, -0.15) is 0 Å². The van der Waals surface area contributed by atoms with E-state index in [4.69, 9.17) is 56.5 Å². The van der Waals surface area contributed by atoms with E-state index in [1.807, 2.05) is 136 Å². The summed E-state index contributed by atoms with van der Waals surface area (Å²) >= 11 is 3.51. The summed E-state index contributed by atoms with van der Waals surface area (Å²) in [6.45, 7) is 33.1. The molecule has 7 rings (SSSR count). The maximum atomic E-state index is 6.10. The van der Waals surface area contributed by atoms with Gasteiger partial charge >= 0.3 is 14.0 Å². The first-order chi connectivity index (χ1) is 32.9. The van der Waals surface area contributed by atoms with Gasteiger partial charge in [-0.3, -0.25) is 0 Å². The van der Waals surface area contributed by atoms with Gasteiger partial charge in [-0.05, 0) is 170 Å². The Balaban J connectivity index is 0.000000291. The fourth-order valence-electron chi connectivity index (χ4n) is 8.12. The molecular formula is C55H84B3BrO12. The number of methoxy groups -OCH3 is 2.